The van der Waals surface area contributed by atoms with E-state index in [9.17, 15) is 14.4 Å². The number of para-hydroxylation sites is 1. The van der Waals surface area contributed by atoms with E-state index in [-0.39, 0.29) is 23.8 Å². The number of carbonyl (C=O) groups is 2. The summed E-state index contributed by atoms with van der Waals surface area (Å²) in [5, 5.41) is 1.20. The second-order valence-electron chi connectivity index (χ2n) is 10.1. The molecule has 2 aliphatic rings. The molecule has 0 N–H and O–H groups in total. The van der Waals surface area contributed by atoms with Gasteiger partial charge < -0.3 is 14.5 Å². The van der Waals surface area contributed by atoms with E-state index in [1.54, 1.807) is 12.1 Å². The van der Waals surface area contributed by atoms with Crippen LogP contribution in [0.5, 0.6) is 5.75 Å². The van der Waals surface area contributed by atoms with Crippen molar-refractivity contribution in [2.24, 2.45) is 0 Å². The van der Waals surface area contributed by atoms with Gasteiger partial charge in [-0.15, -0.1) is 11.3 Å². The van der Waals surface area contributed by atoms with Crippen LogP contribution in [0.25, 0.3) is 21.0 Å². The molecule has 38 heavy (non-hydrogen) atoms. The summed E-state index contributed by atoms with van der Waals surface area (Å²) >= 11 is 1.32. The van der Waals surface area contributed by atoms with Gasteiger partial charge in [0.25, 0.3) is 11.5 Å². The van der Waals surface area contributed by atoms with Crippen LogP contribution < -0.4 is 10.3 Å². The Hall–Kier alpha value is -3.49. The Morgan fingerprint density at radius 2 is 1.63 bits per heavy atom. The Morgan fingerprint density at radius 3 is 2.34 bits per heavy atom. The molecule has 0 saturated carbocycles. The molecule has 196 valence electrons. The van der Waals surface area contributed by atoms with Gasteiger partial charge in [-0.25, -0.2) is 0 Å². The van der Waals surface area contributed by atoms with Crippen molar-refractivity contribution >= 4 is 44.0 Å². The van der Waals surface area contributed by atoms with E-state index < -0.39 is 0 Å². The molecule has 0 atom stereocenters. The van der Waals surface area contributed by atoms with Crippen molar-refractivity contribution in [3.05, 3.63) is 75.4 Å². The van der Waals surface area contributed by atoms with Crippen molar-refractivity contribution in [1.82, 2.24) is 14.4 Å². The molecule has 0 unspecified atom stereocenters. The van der Waals surface area contributed by atoms with Crippen LogP contribution in [-0.4, -0.2) is 65.4 Å². The summed E-state index contributed by atoms with van der Waals surface area (Å²) in [5.74, 6) is 0.0789. The first-order valence-corrected chi connectivity index (χ1v) is 14.1. The van der Waals surface area contributed by atoms with Crippen molar-refractivity contribution in [2.45, 2.75) is 38.3 Å². The Labute approximate surface area is 225 Å². The zero-order valence-corrected chi connectivity index (χ0v) is 22.3. The monoisotopic (exact) mass is 529 g/mol. The number of Topliss-reactive ketones (excluding diaryl/α,β-unsaturated/α-hetero) is 1. The highest BCUT2D eigenvalue weighted by Crippen LogP contribution is 2.40. The van der Waals surface area contributed by atoms with Gasteiger partial charge in [-0.2, -0.15) is 0 Å². The average Bonchev–Trinajstić information content (AvgIpc) is 3.64. The maximum absolute atomic E-state index is 13.9. The van der Waals surface area contributed by atoms with Gasteiger partial charge in [-0.05, 0) is 44.8 Å². The number of rotatable bonds is 6. The van der Waals surface area contributed by atoms with Gasteiger partial charge in [0.05, 0.1) is 23.9 Å². The molecule has 6 rings (SSSR count). The largest absolute Gasteiger partial charge is 0.494 e. The third-order valence-electron chi connectivity index (χ3n) is 7.97. The molecule has 2 saturated heterocycles. The number of hydrogen-bond donors (Lipinski definition) is 0. The van der Waals surface area contributed by atoms with Crippen molar-refractivity contribution in [3.8, 4) is 5.75 Å². The molecule has 1 amide bonds. The molecule has 4 aromatic rings. The van der Waals surface area contributed by atoms with Crippen LogP contribution in [-0.2, 0) is 6.54 Å². The number of fused-ring (bicyclic) bond motifs is 3. The maximum Gasteiger partial charge on any atom is 0.267 e. The fourth-order valence-corrected chi connectivity index (χ4v) is 7.24. The molecule has 2 aliphatic heterocycles. The lowest BCUT2D eigenvalue weighted by atomic mass is 10.0. The topological polar surface area (TPSA) is 71.8 Å². The normalized spacial score (nSPS) is 16.9. The summed E-state index contributed by atoms with van der Waals surface area (Å²) in [4.78, 5) is 45.7. The number of carbonyl (C=O) groups excluding carboxylic acids is 2. The van der Waals surface area contributed by atoms with Gasteiger partial charge in [0.1, 0.15) is 10.3 Å². The summed E-state index contributed by atoms with van der Waals surface area (Å²) in [6, 6.07) is 17.1. The Bertz CT molecular complexity index is 1560. The van der Waals surface area contributed by atoms with Gasteiger partial charge in [0, 0.05) is 30.1 Å². The number of ether oxygens (including phenoxy) is 1. The minimum absolute atomic E-state index is 0.0849. The standard InChI is InChI=1S/C30H31N3O4S/c1-37-26-25-27(38-28(26)30(36)32-17-13-21(14-18-32)31-15-7-8-16-31)22-11-5-6-12-23(22)33(29(25)35)19-24(34)20-9-3-2-4-10-20/h2-6,9-12,21H,7-8,13-19H2,1H3. The SMILES string of the molecule is COc1c(C(=O)N2CCC(N3CCCC3)CC2)sc2c1c(=O)n(CC(=O)c1ccccc1)c1ccccc21. The van der Waals surface area contributed by atoms with Crippen molar-refractivity contribution in [2.75, 3.05) is 33.3 Å². The zero-order chi connectivity index (χ0) is 26.2. The van der Waals surface area contributed by atoms with Gasteiger partial charge in [-0.3, -0.25) is 19.0 Å². The minimum atomic E-state index is -0.317. The van der Waals surface area contributed by atoms with Gasteiger partial charge in [0.2, 0.25) is 0 Å². The smallest absolute Gasteiger partial charge is 0.267 e. The lowest BCUT2D eigenvalue weighted by molar-refractivity contribution is 0.0646. The second-order valence-corrected chi connectivity index (χ2v) is 11.2. The Morgan fingerprint density at radius 1 is 0.947 bits per heavy atom. The average molecular weight is 530 g/mol. The number of methoxy groups -OCH3 is 1. The predicted molar refractivity (Wildman–Crippen MR) is 151 cm³/mol. The number of hydrogen-bond acceptors (Lipinski definition) is 6. The minimum Gasteiger partial charge on any atom is -0.494 e. The number of pyridine rings is 1. The molecule has 0 aliphatic carbocycles. The van der Waals surface area contributed by atoms with E-state index in [1.165, 1.54) is 35.9 Å². The molecule has 2 aromatic carbocycles. The number of nitrogens with zero attached hydrogens (tertiary/aromatic N) is 3. The fraction of sp³-hybridized carbons (Fsp3) is 0.367. The van der Waals surface area contributed by atoms with E-state index in [2.05, 4.69) is 4.90 Å². The summed E-state index contributed by atoms with van der Waals surface area (Å²) in [7, 11) is 1.51. The predicted octanol–water partition coefficient (Wildman–Crippen LogP) is 4.81. The summed E-state index contributed by atoms with van der Waals surface area (Å²) in [6.07, 6.45) is 4.47. The molecule has 7 nitrogen and oxygen atoms in total. The summed E-state index contributed by atoms with van der Waals surface area (Å²) < 4.78 is 7.98. The number of piperidine rings is 1. The van der Waals surface area contributed by atoms with E-state index in [0.717, 1.165) is 36.0 Å². The zero-order valence-electron chi connectivity index (χ0n) is 21.5. The summed E-state index contributed by atoms with van der Waals surface area (Å²) in [6.45, 7) is 3.64. The van der Waals surface area contributed by atoms with Crippen molar-refractivity contribution in [1.29, 1.82) is 0 Å². The molecule has 0 radical (unpaired) electrons. The van der Waals surface area contributed by atoms with E-state index >= 15 is 0 Å². The van der Waals surface area contributed by atoms with E-state index in [1.807, 2.05) is 47.4 Å². The molecule has 8 heteroatoms. The summed E-state index contributed by atoms with van der Waals surface area (Å²) in [5.41, 5.74) is 0.903. The van der Waals surface area contributed by atoms with Gasteiger partial charge in [0.15, 0.2) is 11.5 Å². The Balaban J connectivity index is 1.38. The van der Waals surface area contributed by atoms with E-state index in [0.29, 0.717) is 46.2 Å². The molecular weight excluding hydrogens is 498 g/mol. The van der Waals surface area contributed by atoms with Crippen LogP contribution in [0.1, 0.15) is 45.7 Å². The number of amides is 1. The highest BCUT2D eigenvalue weighted by molar-refractivity contribution is 7.22. The third-order valence-corrected chi connectivity index (χ3v) is 9.16. The van der Waals surface area contributed by atoms with Gasteiger partial charge in [-0.1, -0.05) is 48.5 Å². The molecule has 0 spiro atoms. The first kappa shape index (κ1) is 24.8. The highest BCUT2D eigenvalue weighted by atomic mass is 32.1. The number of ketones is 1. The fourth-order valence-electron chi connectivity index (χ4n) is 5.98. The van der Waals surface area contributed by atoms with Crippen LogP contribution in [0, 0.1) is 0 Å². The maximum atomic E-state index is 13.9. The van der Waals surface area contributed by atoms with Crippen LogP contribution in [0.3, 0.4) is 0 Å². The van der Waals surface area contributed by atoms with Crippen molar-refractivity contribution < 1.29 is 14.3 Å². The highest BCUT2D eigenvalue weighted by Gasteiger charge is 2.32. The first-order valence-electron chi connectivity index (χ1n) is 13.3. The number of likely N-dealkylation sites (tertiary alicyclic amines) is 2. The van der Waals surface area contributed by atoms with Gasteiger partial charge >= 0.3 is 0 Å². The second kappa shape index (κ2) is 10.3. The Kier molecular flexibility index (Phi) is 6.76. The van der Waals surface area contributed by atoms with Crippen LogP contribution in [0.15, 0.2) is 59.4 Å². The molecule has 0 bridgehead atoms. The van der Waals surface area contributed by atoms with E-state index in [4.69, 9.17) is 4.74 Å². The molecule has 2 aromatic heterocycles. The van der Waals surface area contributed by atoms with Crippen molar-refractivity contribution in [3.63, 3.8) is 0 Å². The third kappa shape index (κ3) is 4.31. The van der Waals surface area contributed by atoms with Crippen LogP contribution >= 0.6 is 11.3 Å². The number of aromatic nitrogens is 1. The number of thiophene rings is 1. The number of benzene rings is 2. The lowest BCUT2D eigenvalue weighted by Crippen LogP contribution is -2.45. The first-order chi connectivity index (χ1) is 18.6. The molecular formula is C30H31N3O4S. The lowest BCUT2D eigenvalue weighted by Gasteiger charge is -2.36. The van der Waals surface area contributed by atoms with Crippen LogP contribution in [0.4, 0.5) is 0 Å². The van der Waals surface area contributed by atoms with Crippen LogP contribution in [0.2, 0.25) is 0 Å². The molecule has 4 heterocycles. The molecule has 2 fully saturated rings. The quantitative estimate of drug-likeness (QED) is 0.335.